The zero-order valence-electron chi connectivity index (χ0n) is 8.26. The molecule has 0 radical (unpaired) electrons. The number of rotatable bonds is 2. The van der Waals surface area contributed by atoms with Gasteiger partial charge in [0.1, 0.15) is 12.1 Å². The fourth-order valence-corrected chi connectivity index (χ4v) is 1.35. The van der Waals surface area contributed by atoms with Crippen LogP contribution in [0.4, 0.5) is 0 Å². The molecule has 0 aromatic carbocycles. The molecule has 74 valence electrons. The van der Waals surface area contributed by atoms with Gasteiger partial charge in [0.2, 0.25) is 11.8 Å². The van der Waals surface area contributed by atoms with Crippen molar-refractivity contribution < 1.29 is 9.59 Å². The fourth-order valence-electron chi connectivity index (χ4n) is 1.35. The first kappa shape index (κ1) is 10.0. The molecule has 2 N–H and O–H groups in total. The normalized spacial score (nSPS) is 30.7. The molecule has 3 atom stereocenters. The number of carbonyl (C=O) groups is 2. The molecule has 1 aliphatic heterocycles. The van der Waals surface area contributed by atoms with Crippen molar-refractivity contribution in [3.63, 3.8) is 0 Å². The van der Waals surface area contributed by atoms with Crippen molar-refractivity contribution in [1.29, 1.82) is 0 Å². The van der Waals surface area contributed by atoms with Crippen molar-refractivity contribution in [2.24, 2.45) is 5.92 Å². The largest absolute Gasteiger partial charge is 0.343 e. The van der Waals surface area contributed by atoms with Crippen LogP contribution in [0.1, 0.15) is 27.2 Å². The highest BCUT2D eigenvalue weighted by Crippen LogP contribution is 2.10. The average Bonchev–Trinajstić information content (AvgIpc) is 2.10. The Labute approximate surface area is 78.1 Å². The molecule has 0 aromatic rings. The number of nitrogens with one attached hydrogen (secondary N) is 2. The molecule has 1 fully saturated rings. The number of amides is 2. The topological polar surface area (TPSA) is 58.2 Å². The van der Waals surface area contributed by atoms with Crippen molar-refractivity contribution in [2.45, 2.75) is 39.3 Å². The van der Waals surface area contributed by atoms with Crippen LogP contribution in [0, 0.1) is 5.92 Å². The Morgan fingerprint density at radius 2 is 1.92 bits per heavy atom. The highest BCUT2D eigenvalue weighted by Gasteiger charge is 2.33. The summed E-state index contributed by atoms with van der Waals surface area (Å²) in [5, 5.41) is 5.36. The van der Waals surface area contributed by atoms with Crippen molar-refractivity contribution in [3.05, 3.63) is 0 Å². The van der Waals surface area contributed by atoms with Gasteiger partial charge in [0, 0.05) is 0 Å². The van der Waals surface area contributed by atoms with Crippen molar-refractivity contribution in [2.75, 3.05) is 0 Å². The summed E-state index contributed by atoms with van der Waals surface area (Å²) >= 11 is 0. The number of hydrogen-bond acceptors (Lipinski definition) is 2. The van der Waals surface area contributed by atoms with Gasteiger partial charge in [-0.25, -0.2) is 0 Å². The van der Waals surface area contributed by atoms with E-state index in [0.717, 1.165) is 6.42 Å². The van der Waals surface area contributed by atoms with Crippen molar-refractivity contribution >= 4 is 11.8 Å². The lowest BCUT2D eigenvalue weighted by Crippen LogP contribution is -2.62. The van der Waals surface area contributed by atoms with Gasteiger partial charge in [0.05, 0.1) is 0 Å². The quantitative estimate of drug-likeness (QED) is 0.636. The average molecular weight is 184 g/mol. The Balaban J connectivity index is 2.66. The van der Waals surface area contributed by atoms with E-state index in [1.165, 1.54) is 0 Å². The molecule has 0 aromatic heterocycles. The first-order valence-electron chi connectivity index (χ1n) is 4.67. The lowest BCUT2D eigenvalue weighted by atomic mass is 9.96. The van der Waals surface area contributed by atoms with E-state index in [-0.39, 0.29) is 23.8 Å². The Hall–Kier alpha value is -1.06. The second kappa shape index (κ2) is 3.77. The van der Waals surface area contributed by atoms with Crippen LogP contribution in [0.25, 0.3) is 0 Å². The highest BCUT2D eigenvalue weighted by molar-refractivity contribution is 5.96. The lowest BCUT2D eigenvalue weighted by molar-refractivity contribution is -0.137. The summed E-state index contributed by atoms with van der Waals surface area (Å²) in [6.07, 6.45) is 0.882. The minimum Gasteiger partial charge on any atom is -0.343 e. The molecule has 0 unspecified atom stereocenters. The lowest BCUT2D eigenvalue weighted by Gasteiger charge is -2.30. The summed E-state index contributed by atoms with van der Waals surface area (Å²) in [6, 6.07) is -0.749. The third-order valence-electron chi connectivity index (χ3n) is 2.55. The van der Waals surface area contributed by atoms with Crippen LogP contribution in [0.15, 0.2) is 0 Å². The molecule has 4 heteroatoms. The molecule has 0 aliphatic carbocycles. The molecular weight excluding hydrogens is 168 g/mol. The monoisotopic (exact) mass is 184 g/mol. The van der Waals surface area contributed by atoms with Gasteiger partial charge in [0.15, 0.2) is 0 Å². The molecule has 13 heavy (non-hydrogen) atoms. The van der Waals surface area contributed by atoms with E-state index in [0.29, 0.717) is 0 Å². The second-order valence-corrected chi connectivity index (χ2v) is 3.60. The molecule has 2 amide bonds. The maximum Gasteiger partial charge on any atom is 0.243 e. The summed E-state index contributed by atoms with van der Waals surface area (Å²) in [6.45, 7) is 5.64. The van der Waals surface area contributed by atoms with Crippen LogP contribution in [-0.2, 0) is 9.59 Å². The van der Waals surface area contributed by atoms with Gasteiger partial charge in [-0.15, -0.1) is 0 Å². The van der Waals surface area contributed by atoms with E-state index in [9.17, 15) is 9.59 Å². The zero-order valence-corrected chi connectivity index (χ0v) is 8.26. The predicted octanol–water partition coefficient (Wildman–Crippen LogP) is 0.0356. The summed E-state index contributed by atoms with van der Waals surface area (Å²) in [7, 11) is 0. The first-order chi connectivity index (χ1) is 6.06. The molecule has 1 aliphatic rings. The van der Waals surface area contributed by atoms with Crippen molar-refractivity contribution in [3.8, 4) is 0 Å². The van der Waals surface area contributed by atoms with Gasteiger partial charge in [-0.3, -0.25) is 9.59 Å². The molecule has 0 spiro atoms. The van der Waals surface area contributed by atoms with Crippen LogP contribution in [0.2, 0.25) is 0 Å². The number of piperazine rings is 1. The maximum atomic E-state index is 11.4. The fraction of sp³-hybridized carbons (Fsp3) is 0.778. The highest BCUT2D eigenvalue weighted by atomic mass is 16.2. The predicted molar refractivity (Wildman–Crippen MR) is 49.0 cm³/mol. The van der Waals surface area contributed by atoms with Gasteiger partial charge in [-0.2, -0.15) is 0 Å². The minimum absolute atomic E-state index is 0.0681. The summed E-state index contributed by atoms with van der Waals surface area (Å²) in [5.41, 5.74) is 0. The summed E-state index contributed by atoms with van der Waals surface area (Å²) in [5.74, 6) is 0.0304. The minimum atomic E-state index is -0.396. The Morgan fingerprint density at radius 1 is 1.31 bits per heavy atom. The van der Waals surface area contributed by atoms with Gasteiger partial charge >= 0.3 is 0 Å². The third kappa shape index (κ3) is 1.99. The van der Waals surface area contributed by atoms with Gasteiger partial charge in [-0.1, -0.05) is 20.3 Å². The SMILES string of the molecule is CC[C@@H](C)[C@@H]1NC(=O)[C@@H](C)NC1=O. The Bertz CT molecular complexity index is 228. The van der Waals surface area contributed by atoms with E-state index < -0.39 is 6.04 Å². The van der Waals surface area contributed by atoms with Crippen LogP contribution < -0.4 is 10.6 Å². The number of hydrogen-bond donors (Lipinski definition) is 2. The van der Waals surface area contributed by atoms with Gasteiger partial charge in [0.25, 0.3) is 0 Å². The zero-order chi connectivity index (χ0) is 10.0. The smallest absolute Gasteiger partial charge is 0.243 e. The van der Waals surface area contributed by atoms with Gasteiger partial charge < -0.3 is 10.6 Å². The molecule has 4 nitrogen and oxygen atoms in total. The van der Waals surface area contributed by atoms with Crippen LogP contribution in [-0.4, -0.2) is 23.9 Å². The molecule has 1 saturated heterocycles. The maximum absolute atomic E-state index is 11.4. The third-order valence-corrected chi connectivity index (χ3v) is 2.55. The van der Waals surface area contributed by atoms with E-state index in [4.69, 9.17) is 0 Å². The van der Waals surface area contributed by atoms with Gasteiger partial charge in [-0.05, 0) is 12.8 Å². The van der Waals surface area contributed by atoms with Crippen LogP contribution in [0.5, 0.6) is 0 Å². The van der Waals surface area contributed by atoms with E-state index in [1.807, 2.05) is 13.8 Å². The molecular formula is C9H16N2O2. The van der Waals surface area contributed by atoms with Crippen LogP contribution >= 0.6 is 0 Å². The Kier molecular flexibility index (Phi) is 2.90. The van der Waals surface area contributed by atoms with Crippen LogP contribution in [0.3, 0.4) is 0 Å². The first-order valence-corrected chi connectivity index (χ1v) is 4.67. The number of carbonyl (C=O) groups excluding carboxylic acids is 2. The summed E-state index contributed by atoms with van der Waals surface area (Å²) < 4.78 is 0. The standard InChI is InChI=1S/C9H16N2O2/c1-4-5(2)7-9(13)10-6(3)8(12)11-7/h5-7H,4H2,1-3H3,(H,10,13)(H,11,12)/t5-,6-,7+/m1/s1. The van der Waals surface area contributed by atoms with E-state index in [1.54, 1.807) is 6.92 Å². The molecule has 0 bridgehead atoms. The second-order valence-electron chi connectivity index (χ2n) is 3.60. The van der Waals surface area contributed by atoms with E-state index >= 15 is 0 Å². The molecule has 1 rings (SSSR count). The summed E-state index contributed by atoms with van der Waals surface area (Å²) in [4.78, 5) is 22.7. The van der Waals surface area contributed by atoms with E-state index in [2.05, 4.69) is 10.6 Å². The Morgan fingerprint density at radius 3 is 2.46 bits per heavy atom. The molecule has 1 heterocycles. The van der Waals surface area contributed by atoms with Crippen molar-refractivity contribution in [1.82, 2.24) is 10.6 Å². The molecule has 0 saturated carbocycles.